The number of hydrogen-bond donors (Lipinski definition) is 2. The van der Waals surface area contributed by atoms with E-state index in [4.69, 9.17) is 11.6 Å². The highest BCUT2D eigenvalue weighted by molar-refractivity contribution is 6.30. The Hall–Kier alpha value is -3.91. The predicted octanol–water partition coefficient (Wildman–Crippen LogP) is 2.71. The zero-order chi connectivity index (χ0) is 24.0. The molecule has 0 fully saturated rings. The maximum Gasteiger partial charge on any atom is 0.255 e. The first-order valence-electron chi connectivity index (χ1n) is 10.1. The van der Waals surface area contributed by atoms with E-state index < -0.39 is 23.8 Å². The first kappa shape index (κ1) is 23.7. The number of benzene rings is 2. The van der Waals surface area contributed by atoms with Crippen molar-refractivity contribution in [2.45, 2.75) is 12.5 Å². The second kappa shape index (κ2) is 10.6. The first-order chi connectivity index (χ1) is 15.7. The van der Waals surface area contributed by atoms with Crippen LogP contribution in [0.5, 0.6) is 0 Å². The average Bonchev–Trinajstić information content (AvgIpc) is 2.80. The van der Waals surface area contributed by atoms with Crippen molar-refractivity contribution in [3.8, 4) is 5.69 Å². The molecule has 8 nitrogen and oxygen atoms in total. The van der Waals surface area contributed by atoms with E-state index in [1.54, 1.807) is 81.0 Å². The molecule has 0 aliphatic carbocycles. The number of carbonyl (C=O) groups is 3. The lowest BCUT2D eigenvalue weighted by Gasteiger charge is -2.21. The molecule has 3 amide bonds. The Morgan fingerprint density at radius 3 is 2.24 bits per heavy atom. The van der Waals surface area contributed by atoms with E-state index in [9.17, 15) is 19.2 Å². The van der Waals surface area contributed by atoms with Gasteiger partial charge in [-0.1, -0.05) is 17.7 Å². The van der Waals surface area contributed by atoms with Gasteiger partial charge in [-0.2, -0.15) is 0 Å². The molecule has 3 aromatic rings. The van der Waals surface area contributed by atoms with Gasteiger partial charge in [-0.15, -0.1) is 0 Å². The summed E-state index contributed by atoms with van der Waals surface area (Å²) in [6, 6.07) is 16.7. The topological polar surface area (TPSA) is 101 Å². The van der Waals surface area contributed by atoms with Crippen molar-refractivity contribution in [1.29, 1.82) is 0 Å². The highest BCUT2D eigenvalue weighted by Crippen LogP contribution is 2.14. The van der Waals surface area contributed by atoms with Crippen molar-refractivity contribution < 1.29 is 14.4 Å². The summed E-state index contributed by atoms with van der Waals surface area (Å²) in [4.78, 5) is 51.1. The van der Waals surface area contributed by atoms with E-state index in [2.05, 4.69) is 10.6 Å². The zero-order valence-corrected chi connectivity index (χ0v) is 18.9. The van der Waals surface area contributed by atoms with Crippen molar-refractivity contribution in [2.24, 2.45) is 0 Å². The van der Waals surface area contributed by atoms with Crippen LogP contribution in [0.25, 0.3) is 5.69 Å². The molecule has 3 rings (SSSR count). The molecule has 2 N–H and O–H groups in total. The molecule has 1 heterocycles. The minimum Gasteiger partial charge on any atom is -0.347 e. The molecule has 1 atom stereocenters. The Morgan fingerprint density at radius 1 is 0.970 bits per heavy atom. The molecule has 0 radical (unpaired) electrons. The Kier molecular flexibility index (Phi) is 7.63. The van der Waals surface area contributed by atoms with Gasteiger partial charge >= 0.3 is 0 Å². The smallest absolute Gasteiger partial charge is 0.255 e. The zero-order valence-electron chi connectivity index (χ0n) is 18.1. The van der Waals surface area contributed by atoms with Gasteiger partial charge in [0, 0.05) is 48.3 Å². The van der Waals surface area contributed by atoms with Crippen molar-refractivity contribution in [2.75, 3.05) is 19.4 Å². The molecule has 2 aromatic carbocycles. The van der Waals surface area contributed by atoms with Crippen LogP contribution in [0.2, 0.25) is 5.02 Å². The number of rotatable bonds is 7. The van der Waals surface area contributed by atoms with Crippen LogP contribution in [0, 0.1) is 0 Å². The Labute approximate surface area is 195 Å². The largest absolute Gasteiger partial charge is 0.347 e. The minimum absolute atomic E-state index is 0.196. The SMILES string of the molecule is CN(C)C(=O)[C@H](CC(=O)Nc1ccc(Cl)cc1)NC(=O)c1ccc(-n2ccccc2=O)cc1. The first-order valence-corrected chi connectivity index (χ1v) is 10.5. The van der Waals surface area contributed by atoms with Crippen LogP contribution in [-0.2, 0) is 9.59 Å². The monoisotopic (exact) mass is 466 g/mol. The molecule has 33 heavy (non-hydrogen) atoms. The molecule has 0 aliphatic rings. The number of carbonyl (C=O) groups excluding carboxylic acids is 3. The third kappa shape index (κ3) is 6.30. The summed E-state index contributed by atoms with van der Waals surface area (Å²) in [6.07, 6.45) is 1.38. The quantitative estimate of drug-likeness (QED) is 0.559. The normalized spacial score (nSPS) is 11.4. The van der Waals surface area contributed by atoms with Gasteiger partial charge in [0.1, 0.15) is 6.04 Å². The van der Waals surface area contributed by atoms with Gasteiger partial charge in [-0.3, -0.25) is 23.7 Å². The van der Waals surface area contributed by atoms with Crippen molar-refractivity contribution in [1.82, 2.24) is 14.8 Å². The molecule has 0 unspecified atom stereocenters. The van der Waals surface area contributed by atoms with Crippen LogP contribution >= 0.6 is 11.6 Å². The minimum atomic E-state index is -1.06. The van der Waals surface area contributed by atoms with Gasteiger partial charge in [0.2, 0.25) is 11.8 Å². The van der Waals surface area contributed by atoms with Crippen molar-refractivity contribution in [3.63, 3.8) is 0 Å². The third-order valence-corrected chi connectivity index (χ3v) is 5.04. The fourth-order valence-corrected chi connectivity index (χ4v) is 3.22. The lowest BCUT2D eigenvalue weighted by Crippen LogP contribution is -2.48. The summed E-state index contributed by atoms with van der Waals surface area (Å²) < 4.78 is 1.45. The number of pyridine rings is 1. The van der Waals surface area contributed by atoms with E-state index in [0.29, 0.717) is 16.4 Å². The predicted molar refractivity (Wildman–Crippen MR) is 127 cm³/mol. The number of nitrogens with zero attached hydrogens (tertiary/aromatic N) is 2. The number of hydrogen-bond acceptors (Lipinski definition) is 4. The summed E-state index contributed by atoms with van der Waals surface area (Å²) in [5.41, 5.74) is 1.22. The maximum absolute atomic E-state index is 12.8. The molecule has 9 heteroatoms. The molecule has 0 saturated heterocycles. The summed E-state index contributed by atoms with van der Waals surface area (Å²) in [6.45, 7) is 0. The van der Waals surface area contributed by atoms with Gasteiger partial charge in [-0.05, 0) is 54.6 Å². The van der Waals surface area contributed by atoms with Gasteiger partial charge in [-0.25, -0.2) is 0 Å². The number of likely N-dealkylation sites (N-methyl/N-ethyl adjacent to an activating group) is 1. The average molecular weight is 467 g/mol. The van der Waals surface area contributed by atoms with Crippen LogP contribution in [0.15, 0.2) is 77.7 Å². The standard InChI is InChI=1S/C24H23ClN4O4/c1-28(2)24(33)20(15-21(30)26-18-10-8-17(25)9-11-18)27-23(32)16-6-12-19(13-7-16)29-14-4-3-5-22(29)31/h3-14,20H,15H2,1-2H3,(H,26,30)(H,27,32)/t20-/m0/s1. The summed E-state index contributed by atoms with van der Waals surface area (Å²) in [5.74, 6) is -1.36. The lowest BCUT2D eigenvalue weighted by atomic mass is 10.1. The molecule has 0 saturated carbocycles. The van der Waals surface area contributed by atoms with E-state index in [1.807, 2.05) is 0 Å². The number of amides is 3. The van der Waals surface area contributed by atoms with Crippen LogP contribution in [0.4, 0.5) is 5.69 Å². The molecular weight excluding hydrogens is 444 g/mol. The van der Waals surface area contributed by atoms with Gasteiger partial charge < -0.3 is 15.5 Å². The Bertz CT molecular complexity index is 1200. The summed E-state index contributed by atoms with van der Waals surface area (Å²) >= 11 is 5.85. The van der Waals surface area contributed by atoms with Gasteiger partial charge in [0.05, 0.1) is 6.42 Å². The third-order valence-electron chi connectivity index (χ3n) is 4.79. The van der Waals surface area contributed by atoms with Crippen molar-refractivity contribution in [3.05, 3.63) is 93.9 Å². The number of aromatic nitrogens is 1. The molecule has 1 aromatic heterocycles. The van der Waals surface area contributed by atoms with E-state index in [0.717, 1.165) is 0 Å². The maximum atomic E-state index is 12.8. The molecule has 0 spiro atoms. The van der Waals surface area contributed by atoms with Gasteiger partial charge in [0.25, 0.3) is 11.5 Å². The summed E-state index contributed by atoms with van der Waals surface area (Å²) in [5, 5.41) is 5.85. The van der Waals surface area contributed by atoms with Crippen LogP contribution in [0.3, 0.4) is 0 Å². The molecular formula is C24H23ClN4O4. The fourth-order valence-electron chi connectivity index (χ4n) is 3.10. The second-order valence-electron chi connectivity index (χ2n) is 7.47. The molecule has 170 valence electrons. The lowest BCUT2D eigenvalue weighted by molar-refractivity contribution is -0.132. The van der Waals surface area contributed by atoms with Crippen LogP contribution in [-0.4, -0.2) is 47.3 Å². The second-order valence-corrected chi connectivity index (χ2v) is 7.91. The van der Waals surface area contributed by atoms with E-state index >= 15 is 0 Å². The van der Waals surface area contributed by atoms with E-state index in [1.165, 1.54) is 15.5 Å². The summed E-state index contributed by atoms with van der Waals surface area (Å²) in [7, 11) is 3.09. The van der Waals surface area contributed by atoms with Gasteiger partial charge in [0.15, 0.2) is 0 Å². The van der Waals surface area contributed by atoms with Crippen LogP contribution in [0.1, 0.15) is 16.8 Å². The molecule has 0 bridgehead atoms. The highest BCUT2D eigenvalue weighted by atomic mass is 35.5. The number of nitrogens with one attached hydrogen (secondary N) is 2. The van der Waals surface area contributed by atoms with Crippen LogP contribution < -0.4 is 16.2 Å². The molecule has 0 aliphatic heterocycles. The number of halogens is 1. The fraction of sp³-hybridized carbons (Fsp3) is 0.167. The highest BCUT2D eigenvalue weighted by Gasteiger charge is 2.26. The van der Waals surface area contributed by atoms with Crippen molar-refractivity contribution >= 4 is 35.0 Å². The Balaban J connectivity index is 1.71. The number of anilines is 1. The Morgan fingerprint density at radius 2 is 1.64 bits per heavy atom. The van der Waals surface area contributed by atoms with E-state index in [-0.39, 0.29) is 17.5 Å².